The highest BCUT2D eigenvalue weighted by Crippen LogP contribution is 2.53. The number of methoxy groups -OCH3 is 1. The molecule has 0 spiro atoms. The van der Waals surface area contributed by atoms with Gasteiger partial charge in [-0.2, -0.15) is 5.10 Å². The Bertz CT molecular complexity index is 1230. The molecule has 0 saturated carbocycles. The minimum absolute atomic E-state index is 0.0947. The van der Waals surface area contributed by atoms with E-state index in [1.165, 1.54) is 12.4 Å². The predicted molar refractivity (Wildman–Crippen MR) is 116 cm³/mol. The number of hydrogen-bond acceptors (Lipinski definition) is 7. The van der Waals surface area contributed by atoms with E-state index in [2.05, 4.69) is 9.97 Å². The van der Waals surface area contributed by atoms with Gasteiger partial charge >= 0.3 is 5.97 Å². The Morgan fingerprint density at radius 3 is 2.97 bits per heavy atom. The summed E-state index contributed by atoms with van der Waals surface area (Å²) in [5, 5.41) is 14.4. The van der Waals surface area contributed by atoms with Crippen molar-refractivity contribution >= 4 is 41.5 Å². The fraction of sp³-hybridized carbons (Fsp3) is 0.300. The summed E-state index contributed by atoms with van der Waals surface area (Å²) < 4.78 is 19.6. The monoisotopic (exact) mass is 443 g/mol. The quantitative estimate of drug-likeness (QED) is 0.572. The summed E-state index contributed by atoms with van der Waals surface area (Å²) in [6, 6.07) is 0. The number of anilines is 1. The largest absolute Gasteiger partial charge is 0.481 e. The molecule has 2 aromatic rings. The minimum atomic E-state index is -4.00. The molecule has 2 aliphatic rings. The molecule has 4 N–H and O–H groups in total. The Hall–Kier alpha value is -3.07. The van der Waals surface area contributed by atoms with Gasteiger partial charge in [-0.05, 0) is 31.4 Å². The number of nitrogens with two attached hydrogens (primary N) is 1. The lowest BCUT2D eigenvalue weighted by Crippen LogP contribution is -2.09. The molecule has 2 heterocycles. The topological polar surface area (TPSA) is 153 Å². The van der Waals surface area contributed by atoms with E-state index in [1.54, 1.807) is 11.8 Å². The van der Waals surface area contributed by atoms with Crippen LogP contribution in [0.3, 0.4) is 0 Å². The Kier molecular flexibility index (Phi) is 5.62. The van der Waals surface area contributed by atoms with Crippen LogP contribution >= 0.6 is 7.37 Å². The number of ether oxygens (including phenoxy) is 1. The molecule has 2 atom stereocenters. The van der Waals surface area contributed by atoms with Gasteiger partial charge < -0.3 is 20.5 Å². The average Bonchev–Trinajstić information content (AvgIpc) is 3.14. The van der Waals surface area contributed by atoms with Gasteiger partial charge in [-0.25, -0.2) is 14.6 Å². The zero-order valence-electron chi connectivity index (χ0n) is 16.8. The first kappa shape index (κ1) is 21.2. The van der Waals surface area contributed by atoms with Crippen molar-refractivity contribution in [2.75, 3.05) is 19.0 Å². The lowest BCUT2D eigenvalue weighted by molar-refractivity contribution is -0.134. The maximum atomic E-state index is 12.6. The van der Waals surface area contributed by atoms with Crippen LogP contribution in [-0.4, -0.2) is 55.1 Å². The van der Waals surface area contributed by atoms with Crippen LogP contribution in [0.1, 0.15) is 25.0 Å². The van der Waals surface area contributed by atoms with E-state index in [-0.39, 0.29) is 17.2 Å². The molecule has 0 aliphatic heterocycles. The van der Waals surface area contributed by atoms with Crippen LogP contribution in [-0.2, 0) is 14.1 Å². The van der Waals surface area contributed by atoms with Crippen LogP contribution in [0, 0.1) is 0 Å². The van der Waals surface area contributed by atoms with E-state index in [4.69, 9.17) is 20.7 Å². The summed E-state index contributed by atoms with van der Waals surface area (Å²) >= 11 is 0. The number of nitrogens with zero attached hydrogens (tertiary/aromatic N) is 4. The van der Waals surface area contributed by atoms with Gasteiger partial charge in [-0.3, -0.25) is 9.36 Å². The number of aliphatic carboxylic acids is 1. The van der Waals surface area contributed by atoms with Gasteiger partial charge in [-0.1, -0.05) is 18.2 Å². The average molecular weight is 443 g/mol. The maximum absolute atomic E-state index is 12.6. The third-order valence-electron chi connectivity index (χ3n) is 5.21. The van der Waals surface area contributed by atoms with Gasteiger partial charge in [0.15, 0.2) is 5.65 Å². The van der Waals surface area contributed by atoms with Crippen molar-refractivity contribution in [3.05, 3.63) is 47.7 Å². The third-order valence-corrected chi connectivity index (χ3v) is 7.16. The minimum Gasteiger partial charge on any atom is -0.481 e. The van der Waals surface area contributed by atoms with E-state index in [0.29, 0.717) is 35.3 Å². The number of rotatable bonds is 6. The standard InChI is InChI=1S/C20H22N5O5P/c1-30-14-6-2-4-12(8-14)18-17-19(21)22-11-23-20(17)25(24-18)13-5-3-7-15(9-13)31(28,29)10-16(26)27/h2,4-5,8-9,11,14H,3,6-7,10H2,1H3,(H,26,27)(H,28,29)(H2,21,22,23). The SMILES string of the molecule is COC1C=C(c2nn(C3=CCCC(P(=O)(O)CC(=O)O)=C3)c3ncnc(N)c23)C=CC1. The summed E-state index contributed by atoms with van der Waals surface area (Å²) in [7, 11) is -2.37. The molecular formula is C20H22N5O5P. The first-order chi connectivity index (χ1) is 14.8. The number of carboxylic acids is 1. The Balaban J connectivity index is 1.84. The molecule has 0 aromatic carbocycles. The Morgan fingerprint density at radius 2 is 2.23 bits per heavy atom. The molecule has 0 saturated heterocycles. The number of fused-ring (bicyclic) bond motifs is 1. The van der Waals surface area contributed by atoms with Gasteiger partial charge in [0.05, 0.1) is 17.2 Å². The zero-order chi connectivity index (χ0) is 22.2. The van der Waals surface area contributed by atoms with Crippen LogP contribution in [0.5, 0.6) is 0 Å². The van der Waals surface area contributed by atoms with Crippen molar-refractivity contribution in [1.82, 2.24) is 19.7 Å². The summed E-state index contributed by atoms with van der Waals surface area (Å²) in [5.41, 5.74) is 8.51. The van der Waals surface area contributed by atoms with Gasteiger partial charge in [0.2, 0.25) is 7.37 Å². The van der Waals surface area contributed by atoms with Crippen LogP contribution in [0.2, 0.25) is 0 Å². The molecule has 2 aromatic heterocycles. The molecule has 11 heteroatoms. The second-order valence-electron chi connectivity index (χ2n) is 7.31. The zero-order valence-corrected chi connectivity index (χ0v) is 17.7. The highest BCUT2D eigenvalue weighted by atomic mass is 31.2. The molecule has 162 valence electrons. The summed E-state index contributed by atoms with van der Waals surface area (Å²) in [4.78, 5) is 29.7. The predicted octanol–water partition coefficient (Wildman–Crippen LogP) is 2.64. The van der Waals surface area contributed by atoms with E-state index in [0.717, 1.165) is 12.0 Å². The van der Waals surface area contributed by atoms with Crippen molar-refractivity contribution in [2.24, 2.45) is 0 Å². The Morgan fingerprint density at radius 1 is 1.42 bits per heavy atom. The second kappa shape index (κ2) is 8.22. The molecule has 2 unspecified atom stereocenters. The summed E-state index contributed by atoms with van der Waals surface area (Å²) in [6.45, 7) is 0. The molecule has 2 aliphatic carbocycles. The first-order valence-corrected chi connectivity index (χ1v) is 11.5. The highest BCUT2D eigenvalue weighted by Gasteiger charge is 2.30. The highest BCUT2D eigenvalue weighted by molar-refractivity contribution is 7.63. The molecule has 0 bridgehead atoms. The van der Waals surface area contributed by atoms with Gasteiger partial charge in [-0.15, -0.1) is 0 Å². The fourth-order valence-electron chi connectivity index (χ4n) is 3.71. The number of allylic oxidation sites excluding steroid dienone is 6. The van der Waals surface area contributed by atoms with Gasteiger partial charge in [0, 0.05) is 18.0 Å². The van der Waals surface area contributed by atoms with E-state index in [9.17, 15) is 14.3 Å². The van der Waals surface area contributed by atoms with Crippen molar-refractivity contribution in [1.29, 1.82) is 0 Å². The summed E-state index contributed by atoms with van der Waals surface area (Å²) in [6.07, 6.45) is 11.2. The van der Waals surface area contributed by atoms with Crippen molar-refractivity contribution in [3.63, 3.8) is 0 Å². The van der Waals surface area contributed by atoms with Crippen molar-refractivity contribution < 1.29 is 24.1 Å². The van der Waals surface area contributed by atoms with E-state index in [1.807, 2.05) is 24.3 Å². The molecule has 0 amide bonds. The van der Waals surface area contributed by atoms with E-state index < -0.39 is 19.5 Å². The van der Waals surface area contributed by atoms with Crippen LogP contribution in [0.4, 0.5) is 5.82 Å². The third kappa shape index (κ3) is 4.10. The smallest absolute Gasteiger partial charge is 0.313 e. The normalized spacial score (nSPS) is 20.7. The number of nitrogen functional groups attached to an aromatic ring is 1. The molecule has 10 nitrogen and oxygen atoms in total. The van der Waals surface area contributed by atoms with Crippen LogP contribution in [0.25, 0.3) is 22.3 Å². The maximum Gasteiger partial charge on any atom is 0.313 e. The van der Waals surface area contributed by atoms with Crippen LogP contribution < -0.4 is 5.73 Å². The first-order valence-electron chi connectivity index (χ1n) is 9.66. The molecule has 0 radical (unpaired) electrons. The van der Waals surface area contributed by atoms with Crippen molar-refractivity contribution in [3.8, 4) is 0 Å². The Labute approximate surface area is 177 Å². The number of carbonyl (C=O) groups is 1. The number of hydrogen-bond donors (Lipinski definition) is 3. The van der Waals surface area contributed by atoms with Gasteiger partial charge in [0.25, 0.3) is 0 Å². The number of aromatic nitrogens is 4. The summed E-state index contributed by atoms with van der Waals surface area (Å²) in [5.74, 6) is -1.06. The molecule has 4 rings (SSSR count). The van der Waals surface area contributed by atoms with E-state index >= 15 is 0 Å². The van der Waals surface area contributed by atoms with Crippen molar-refractivity contribution in [2.45, 2.75) is 25.4 Å². The molecule has 0 fully saturated rings. The molecular weight excluding hydrogens is 421 g/mol. The lowest BCUT2D eigenvalue weighted by atomic mass is 10.0. The van der Waals surface area contributed by atoms with Crippen LogP contribution in [0.15, 0.2) is 42.0 Å². The number of carboxylic acid groups (broad SMARTS) is 1. The molecule has 31 heavy (non-hydrogen) atoms. The fourth-order valence-corrected chi connectivity index (χ4v) is 5.09. The van der Waals surface area contributed by atoms with Gasteiger partial charge in [0.1, 0.15) is 24.0 Å². The second-order valence-corrected chi connectivity index (χ2v) is 9.60. The lowest BCUT2D eigenvalue weighted by Gasteiger charge is -2.18.